The zero-order valence-corrected chi connectivity index (χ0v) is 13.4. The number of benzene rings is 1. The topological polar surface area (TPSA) is 40.6 Å². The molecule has 1 aromatic rings. The molecule has 1 aromatic carbocycles. The van der Waals surface area contributed by atoms with Gasteiger partial charge in [0.2, 0.25) is 5.91 Å². The molecule has 118 valence electrons. The summed E-state index contributed by atoms with van der Waals surface area (Å²) in [4.78, 5) is 28.6. The fourth-order valence-electron chi connectivity index (χ4n) is 3.64. The lowest BCUT2D eigenvalue weighted by Gasteiger charge is -2.34. The van der Waals surface area contributed by atoms with Gasteiger partial charge in [0.25, 0.3) is 5.91 Å². The van der Waals surface area contributed by atoms with Gasteiger partial charge < -0.3 is 0 Å². The van der Waals surface area contributed by atoms with Crippen molar-refractivity contribution in [1.82, 2.24) is 4.90 Å². The van der Waals surface area contributed by atoms with Crippen molar-refractivity contribution in [2.45, 2.75) is 57.5 Å². The summed E-state index contributed by atoms with van der Waals surface area (Å²) in [7, 11) is 2.00. The highest BCUT2D eigenvalue weighted by molar-refractivity contribution is 6.22. The Balaban J connectivity index is 1.77. The first-order valence-corrected chi connectivity index (χ1v) is 8.23. The molecular formula is C18H24N2O2. The van der Waals surface area contributed by atoms with Crippen LogP contribution < -0.4 is 4.90 Å². The predicted molar refractivity (Wildman–Crippen MR) is 86.7 cm³/mol. The molecule has 1 aliphatic heterocycles. The molecule has 0 spiro atoms. The maximum atomic E-state index is 12.7. The van der Waals surface area contributed by atoms with Gasteiger partial charge in [0.05, 0.1) is 18.2 Å². The number of imide groups is 1. The molecule has 0 unspecified atom stereocenters. The molecule has 1 atom stereocenters. The van der Waals surface area contributed by atoms with Crippen LogP contribution in [-0.4, -0.2) is 35.8 Å². The summed E-state index contributed by atoms with van der Waals surface area (Å²) in [6.07, 6.45) is 6.33. The fraction of sp³-hybridized carbons (Fsp3) is 0.556. The van der Waals surface area contributed by atoms with Crippen LogP contribution in [0.5, 0.6) is 0 Å². The summed E-state index contributed by atoms with van der Waals surface area (Å²) in [6.45, 7) is 2.00. The van der Waals surface area contributed by atoms with Crippen LogP contribution in [0, 0.1) is 6.92 Å². The molecule has 0 bridgehead atoms. The highest BCUT2D eigenvalue weighted by Gasteiger charge is 2.43. The Morgan fingerprint density at radius 2 is 1.68 bits per heavy atom. The molecule has 2 fully saturated rings. The number of rotatable bonds is 3. The Kier molecular flexibility index (Phi) is 4.30. The lowest BCUT2D eigenvalue weighted by Crippen LogP contribution is -2.45. The average molecular weight is 300 g/mol. The minimum Gasteiger partial charge on any atom is -0.292 e. The Morgan fingerprint density at radius 1 is 1.05 bits per heavy atom. The van der Waals surface area contributed by atoms with Crippen LogP contribution in [0.15, 0.2) is 24.3 Å². The minimum absolute atomic E-state index is 0.0677. The van der Waals surface area contributed by atoms with E-state index in [4.69, 9.17) is 0 Å². The van der Waals surface area contributed by atoms with E-state index in [2.05, 4.69) is 4.90 Å². The maximum absolute atomic E-state index is 12.7. The second-order valence-electron chi connectivity index (χ2n) is 6.58. The van der Waals surface area contributed by atoms with Crippen LogP contribution in [0.3, 0.4) is 0 Å². The van der Waals surface area contributed by atoms with Gasteiger partial charge in [-0.25, -0.2) is 4.90 Å². The lowest BCUT2D eigenvalue weighted by molar-refractivity contribution is -0.123. The van der Waals surface area contributed by atoms with Crippen LogP contribution in [0.25, 0.3) is 0 Å². The predicted octanol–water partition coefficient (Wildman–Crippen LogP) is 2.89. The quantitative estimate of drug-likeness (QED) is 0.806. The number of likely N-dealkylation sites (N-methyl/N-ethyl adjacent to an activating group) is 1. The SMILES string of the molecule is Cc1ccc(N2C(=O)C[C@@H](N(C)C3CCCCC3)C2=O)cc1. The van der Waals surface area contributed by atoms with Gasteiger partial charge in [0.1, 0.15) is 0 Å². The van der Waals surface area contributed by atoms with E-state index in [-0.39, 0.29) is 17.9 Å². The van der Waals surface area contributed by atoms with Gasteiger partial charge in [-0.05, 0) is 38.9 Å². The number of nitrogens with zero attached hydrogens (tertiary/aromatic N) is 2. The van der Waals surface area contributed by atoms with Crippen LogP contribution in [0.2, 0.25) is 0 Å². The van der Waals surface area contributed by atoms with Crippen molar-refractivity contribution in [2.24, 2.45) is 0 Å². The van der Waals surface area contributed by atoms with Gasteiger partial charge in [0, 0.05) is 6.04 Å². The normalized spacial score (nSPS) is 23.6. The van der Waals surface area contributed by atoms with Gasteiger partial charge in [-0.15, -0.1) is 0 Å². The van der Waals surface area contributed by atoms with E-state index in [0.29, 0.717) is 18.2 Å². The largest absolute Gasteiger partial charge is 0.292 e. The number of carbonyl (C=O) groups excluding carboxylic acids is 2. The standard InChI is InChI=1S/C18H24N2O2/c1-13-8-10-15(11-9-13)20-17(21)12-16(18(20)22)19(2)14-6-4-3-5-7-14/h8-11,14,16H,3-7,12H2,1-2H3/t16-/m1/s1. The summed E-state index contributed by atoms with van der Waals surface area (Å²) in [5.41, 5.74) is 1.82. The highest BCUT2D eigenvalue weighted by Crippen LogP contribution is 2.29. The molecule has 22 heavy (non-hydrogen) atoms. The first kappa shape index (κ1) is 15.2. The second-order valence-corrected chi connectivity index (χ2v) is 6.58. The number of hydrogen-bond acceptors (Lipinski definition) is 3. The van der Waals surface area contributed by atoms with Crippen LogP contribution >= 0.6 is 0 Å². The molecule has 0 aromatic heterocycles. The average Bonchev–Trinajstić information content (AvgIpc) is 2.83. The number of hydrogen-bond donors (Lipinski definition) is 0. The zero-order chi connectivity index (χ0) is 15.7. The Morgan fingerprint density at radius 3 is 2.32 bits per heavy atom. The molecule has 1 heterocycles. The first-order chi connectivity index (χ1) is 10.6. The van der Waals surface area contributed by atoms with E-state index in [1.165, 1.54) is 24.2 Å². The molecule has 1 aliphatic carbocycles. The Hall–Kier alpha value is -1.68. The van der Waals surface area contributed by atoms with Gasteiger partial charge in [-0.1, -0.05) is 37.0 Å². The molecule has 2 amide bonds. The summed E-state index contributed by atoms with van der Waals surface area (Å²) < 4.78 is 0. The van der Waals surface area contributed by atoms with Gasteiger partial charge >= 0.3 is 0 Å². The number of amides is 2. The third-order valence-corrected chi connectivity index (χ3v) is 5.06. The van der Waals surface area contributed by atoms with E-state index in [0.717, 1.165) is 18.4 Å². The molecule has 2 aliphatic rings. The molecule has 1 saturated carbocycles. The van der Waals surface area contributed by atoms with Crippen LogP contribution in [0.1, 0.15) is 44.1 Å². The number of carbonyl (C=O) groups is 2. The van der Waals surface area contributed by atoms with Crippen molar-refractivity contribution in [1.29, 1.82) is 0 Å². The van der Waals surface area contributed by atoms with Gasteiger partial charge in [-0.3, -0.25) is 14.5 Å². The zero-order valence-electron chi connectivity index (χ0n) is 13.4. The summed E-state index contributed by atoms with van der Waals surface area (Å²) >= 11 is 0. The second kappa shape index (κ2) is 6.21. The van der Waals surface area contributed by atoms with Gasteiger partial charge in [-0.2, -0.15) is 0 Å². The van der Waals surface area contributed by atoms with Crippen molar-refractivity contribution in [3.63, 3.8) is 0 Å². The molecule has 1 saturated heterocycles. The van der Waals surface area contributed by atoms with Gasteiger partial charge in [0.15, 0.2) is 0 Å². The summed E-state index contributed by atoms with van der Waals surface area (Å²) in [5.74, 6) is -0.150. The third-order valence-electron chi connectivity index (χ3n) is 5.06. The Bertz CT molecular complexity index is 561. The first-order valence-electron chi connectivity index (χ1n) is 8.23. The van der Waals surface area contributed by atoms with Crippen molar-refractivity contribution in [3.05, 3.63) is 29.8 Å². The minimum atomic E-state index is -0.295. The number of aryl methyl sites for hydroxylation is 1. The fourth-order valence-corrected chi connectivity index (χ4v) is 3.64. The van der Waals surface area contributed by atoms with Crippen molar-refractivity contribution in [2.75, 3.05) is 11.9 Å². The molecule has 0 radical (unpaired) electrons. The molecular weight excluding hydrogens is 276 g/mol. The van der Waals surface area contributed by atoms with Crippen molar-refractivity contribution < 1.29 is 9.59 Å². The van der Waals surface area contributed by atoms with Crippen molar-refractivity contribution >= 4 is 17.5 Å². The lowest BCUT2D eigenvalue weighted by atomic mass is 9.93. The van der Waals surface area contributed by atoms with Crippen molar-refractivity contribution in [3.8, 4) is 0 Å². The molecule has 0 N–H and O–H groups in total. The monoisotopic (exact) mass is 300 g/mol. The third kappa shape index (κ3) is 2.80. The van der Waals surface area contributed by atoms with Crippen LogP contribution in [0.4, 0.5) is 5.69 Å². The van der Waals surface area contributed by atoms with E-state index in [1.807, 2.05) is 38.2 Å². The Labute approximate surface area is 132 Å². The summed E-state index contributed by atoms with van der Waals surface area (Å²) in [5, 5.41) is 0. The van der Waals surface area contributed by atoms with E-state index in [1.54, 1.807) is 0 Å². The van der Waals surface area contributed by atoms with Crippen LogP contribution in [-0.2, 0) is 9.59 Å². The summed E-state index contributed by atoms with van der Waals surface area (Å²) in [6, 6.07) is 7.73. The number of anilines is 1. The molecule has 4 heteroatoms. The maximum Gasteiger partial charge on any atom is 0.251 e. The molecule has 3 rings (SSSR count). The van der Waals surface area contributed by atoms with E-state index in [9.17, 15) is 9.59 Å². The van der Waals surface area contributed by atoms with E-state index < -0.39 is 0 Å². The molecule has 4 nitrogen and oxygen atoms in total. The van der Waals surface area contributed by atoms with E-state index >= 15 is 0 Å². The smallest absolute Gasteiger partial charge is 0.251 e. The highest BCUT2D eigenvalue weighted by atomic mass is 16.2.